The van der Waals surface area contributed by atoms with Gasteiger partial charge in [0.2, 0.25) is 0 Å². The molecule has 0 atom stereocenters. The Morgan fingerprint density at radius 2 is 1.85 bits per heavy atom. The van der Waals surface area contributed by atoms with Crippen LogP contribution >= 0.6 is 0 Å². The van der Waals surface area contributed by atoms with Gasteiger partial charge in [0.1, 0.15) is 0 Å². The number of nitrogens with zero attached hydrogens (tertiary/aromatic N) is 2. The van der Waals surface area contributed by atoms with E-state index in [4.69, 9.17) is 5.11 Å². The first kappa shape index (κ1) is 14.3. The number of carbonyl (C=O) groups excluding carboxylic acids is 1. The molecule has 4 heteroatoms. The fourth-order valence-corrected chi connectivity index (χ4v) is 2.13. The van der Waals surface area contributed by atoms with Crippen LogP contribution in [0.4, 0.5) is 0 Å². The second kappa shape index (κ2) is 6.91. The Kier molecular flexibility index (Phi) is 4.96. The van der Waals surface area contributed by atoms with Crippen molar-refractivity contribution in [2.75, 3.05) is 19.7 Å². The lowest BCUT2D eigenvalue weighted by molar-refractivity contribution is 0.0754. The number of hydrogen-bond donors (Lipinski definition) is 1. The molecular weight excluding hydrogens is 252 g/mol. The van der Waals surface area contributed by atoms with Crippen LogP contribution in [0.2, 0.25) is 0 Å². The summed E-state index contributed by atoms with van der Waals surface area (Å²) in [6.45, 7) is 3.29. The average Bonchev–Trinajstić information content (AvgIpc) is 3.02. The second-order valence-corrected chi connectivity index (χ2v) is 4.60. The molecule has 1 heterocycles. The van der Waals surface area contributed by atoms with Crippen molar-refractivity contribution in [2.45, 2.75) is 13.3 Å². The van der Waals surface area contributed by atoms with E-state index >= 15 is 0 Å². The number of aromatic nitrogens is 1. The zero-order chi connectivity index (χ0) is 14.4. The molecule has 0 radical (unpaired) electrons. The monoisotopic (exact) mass is 272 g/mol. The summed E-state index contributed by atoms with van der Waals surface area (Å²) >= 11 is 0. The maximum Gasteiger partial charge on any atom is 0.253 e. The van der Waals surface area contributed by atoms with Crippen LogP contribution in [0.5, 0.6) is 0 Å². The molecule has 1 amide bonds. The van der Waals surface area contributed by atoms with Crippen molar-refractivity contribution in [3.05, 3.63) is 54.4 Å². The third-order valence-corrected chi connectivity index (χ3v) is 3.27. The molecule has 2 rings (SSSR count). The maximum atomic E-state index is 12.3. The lowest BCUT2D eigenvalue weighted by atomic mass is 10.1. The van der Waals surface area contributed by atoms with Crippen LogP contribution in [0, 0.1) is 0 Å². The molecule has 0 saturated heterocycles. The van der Waals surface area contributed by atoms with Crippen molar-refractivity contribution in [3.63, 3.8) is 0 Å². The summed E-state index contributed by atoms with van der Waals surface area (Å²) in [6, 6.07) is 11.5. The van der Waals surface area contributed by atoms with Gasteiger partial charge in [0, 0.05) is 43.3 Å². The molecule has 0 aliphatic heterocycles. The van der Waals surface area contributed by atoms with Crippen LogP contribution in [-0.2, 0) is 0 Å². The van der Waals surface area contributed by atoms with Crippen molar-refractivity contribution >= 4 is 5.91 Å². The zero-order valence-corrected chi connectivity index (χ0v) is 11.7. The summed E-state index contributed by atoms with van der Waals surface area (Å²) in [7, 11) is 0. The molecule has 1 aromatic heterocycles. The minimum atomic E-state index is 0.0139. The summed E-state index contributed by atoms with van der Waals surface area (Å²) < 4.78 is 2.00. The fraction of sp³-hybridized carbons (Fsp3) is 0.312. The lowest BCUT2D eigenvalue weighted by Gasteiger charge is -2.20. The number of aliphatic hydroxyl groups excluding tert-OH is 1. The van der Waals surface area contributed by atoms with Gasteiger partial charge in [-0.1, -0.05) is 0 Å². The SMILES string of the molecule is CCN(CCCO)C(=O)c1ccc(-n2cccc2)cc1. The van der Waals surface area contributed by atoms with Crippen LogP contribution in [0.15, 0.2) is 48.8 Å². The van der Waals surface area contributed by atoms with Crippen LogP contribution < -0.4 is 0 Å². The van der Waals surface area contributed by atoms with Crippen LogP contribution in [0.3, 0.4) is 0 Å². The number of amides is 1. The van der Waals surface area contributed by atoms with Gasteiger partial charge in [-0.3, -0.25) is 4.79 Å². The highest BCUT2D eigenvalue weighted by molar-refractivity contribution is 5.94. The molecule has 1 N–H and O–H groups in total. The first-order valence-electron chi connectivity index (χ1n) is 6.89. The van der Waals surface area contributed by atoms with Gasteiger partial charge in [-0.15, -0.1) is 0 Å². The molecule has 0 bridgehead atoms. The lowest BCUT2D eigenvalue weighted by Crippen LogP contribution is -2.32. The average molecular weight is 272 g/mol. The first-order valence-corrected chi connectivity index (χ1v) is 6.89. The molecule has 0 saturated carbocycles. The summed E-state index contributed by atoms with van der Waals surface area (Å²) in [5, 5.41) is 8.86. The summed E-state index contributed by atoms with van der Waals surface area (Å²) in [5.41, 5.74) is 1.71. The Bertz CT molecular complexity index is 532. The Morgan fingerprint density at radius 1 is 1.20 bits per heavy atom. The summed E-state index contributed by atoms with van der Waals surface area (Å²) in [5.74, 6) is 0.0139. The normalized spacial score (nSPS) is 10.5. The van der Waals surface area contributed by atoms with E-state index < -0.39 is 0 Å². The van der Waals surface area contributed by atoms with E-state index in [-0.39, 0.29) is 12.5 Å². The van der Waals surface area contributed by atoms with Gasteiger partial charge in [-0.25, -0.2) is 0 Å². The van der Waals surface area contributed by atoms with Gasteiger partial charge in [-0.2, -0.15) is 0 Å². The van der Waals surface area contributed by atoms with Crippen molar-refractivity contribution in [1.82, 2.24) is 9.47 Å². The number of aliphatic hydroxyl groups is 1. The second-order valence-electron chi connectivity index (χ2n) is 4.60. The molecule has 1 aromatic carbocycles. The Labute approximate surface area is 119 Å². The molecule has 106 valence electrons. The van der Waals surface area contributed by atoms with Crippen molar-refractivity contribution < 1.29 is 9.90 Å². The van der Waals surface area contributed by atoms with Crippen molar-refractivity contribution in [2.24, 2.45) is 0 Å². The smallest absolute Gasteiger partial charge is 0.253 e. The van der Waals surface area contributed by atoms with Crippen molar-refractivity contribution in [1.29, 1.82) is 0 Å². The van der Waals surface area contributed by atoms with E-state index in [2.05, 4.69) is 0 Å². The van der Waals surface area contributed by atoms with Crippen LogP contribution in [0.1, 0.15) is 23.7 Å². The standard InChI is InChI=1S/C16H20N2O2/c1-2-17(12-5-13-19)16(20)14-6-8-15(9-7-14)18-10-3-4-11-18/h3-4,6-11,19H,2,5,12-13H2,1H3. The molecule has 0 spiro atoms. The molecule has 0 aliphatic rings. The number of carbonyl (C=O) groups is 1. The number of rotatable bonds is 6. The number of benzene rings is 1. The predicted octanol–water partition coefficient (Wildman–Crippen LogP) is 2.32. The third kappa shape index (κ3) is 3.27. The Hall–Kier alpha value is -2.07. The minimum Gasteiger partial charge on any atom is -0.396 e. The van der Waals surface area contributed by atoms with Gasteiger partial charge in [-0.05, 0) is 49.7 Å². The fourth-order valence-electron chi connectivity index (χ4n) is 2.13. The van der Waals surface area contributed by atoms with Crippen LogP contribution in [0.25, 0.3) is 5.69 Å². The van der Waals surface area contributed by atoms with Gasteiger partial charge < -0.3 is 14.6 Å². The first-order chi connectivity index (χ1) is 9.76. The van der Waals surface area contributed by atoms with Crippen LogP contribution in [-0.4, -0.2) is 40.2 Å². The Balaban J connectivity index is 2.10. The topological polar surface area (TPSA) is 45.5 Å². The van der Waals surface area contributed by atoms with E-state index in [0.29, 0.717) is 25.1 Å². The summed E-state index contributed by atoms with van der Waals surface area (Å²) in [4.78, 5) is 14.1. The zero-order valence-electron chi connectivity index (χ0n) is 11.7. The van der Waals surface area contributed by atoms with Gasteiger partial charge in [0.15, 0.2) is 0 Å². The van der Waals surface area contributed by atoms with Crippen molar-refractivity contribution in [3.8, 4) is 5.69 Å². The van der Waals surface area contributed by atoms with Gasteiger partial charge in [0.05, 0.1) is 0 Å². The highest BCUT2D eigenvalue weighted by Gasteiger charge is 2.13. The molecule has 2 aromatic rings. The van der Waals surface area contributed by atoms with E-state index in [9.17, 15) is 4.79 Å². The highest BCUT2D eigenvalue weighted by atomic mass is 16.3. The molecule has 20 heavy (non-hydrogen) atoms. The molecular formula is C16H20N2O2. The van der Waals surface area contributed by atoms with Gasteiger partial charge in [0.25, 0.3) is 5.91 Å². The minimum absolute atomic E-state index is 0.0139. The Morgan fingerprint density at radius 3 is 2.40 bits per heavy atom. The predicted molar refractivity (Wildman–Crippen MR) is 79.0 cm³/mol. The number of hydrogen-bond acceptors (Lipinski definition) is 2. The molecule has 0 unspecified atom stereocenters. The molecule has 0 aliphatic carbocycles. The largest absolute Gasteiger partial charge is 0.396 e. The highest BCUT2D eigenvalue weighted by Crippen LogP contribution is 2.12. The quantitative estimate of drug-likeness (QED) is 0.877. The molecule has 0 fully saturated rings. The van der Waals surface area contributed by atoms with E-state index in [1.54, 1.807) is 4.90 Å². The van der Waals surface area contributed by atoms with E-state index in [0.717, 1.165) is 5.69 Å². The van der Waals surface area contributed by atoms with E-state index in [1.165, 1.54) is 0 Å². The molecule has 4 nitrogen and oxygen atoms in total. The third-order valence-electron chi connectivity index (χ3n) is 3.27. The maximum absolute atomic E-state index is 12.3. The van der Waals surface area contributed by atoms with E-state index in [1.807, 2.05) is 60.3 Å². The summed E-state index contributed by atoms with van der Waals surface area (Å²) in [6.07, 6.45) is 4.55. The van der Waals surface area contributed by atoms with Gasteiger partial charge >= 0.3 is 0 Å².